The van der Waals surface area contributed by atoms with Gasteiger partial charge in [-0.3, -0.25) is 0 Å². The van der Waals surface area contributed by atoms with Gasteiger partial charge in [0.15, 0.2) is 0 Å². The van der Waals surface area contributed by atoms with Crippen LogP contribution in [0.1, 0.15) is 27.7 Å². The molecule has 0 saturated heterocycles. The van der Waals surface area contributed by atoms with Crippen LogP contribution in [0.5, 0.6) is 0 Å². The van der Waals surface area contributed by atoms with E-state index in [1.165, 1.54) is 11.1 Å². The standard InChI is InChI=1S/C15H20/c1-11-7-5-6-8-14(11)13-9-12(2)15(3,4)10-13/h5-11,14H,1-4H3. The lowest BCUT2D eigenvalue weighted by molar-refractivity contribution is 0.566. The van der Waals surface area contributed by atoms with Gasteiger partial charge in [0.25, 0.3) is 0 Å². The van der Waals surface area contributed by atoms with Gasteiger partial charge in [-0.1, -0.05) is 62.8 Å². The molecular formula is C15H20. The van der Waals surface area contributed by atoms with E-state index < -0.39 is 0 Å². The molecular weight excluding hydrogens is 180 g/mol. The Balaban J connectivity index is 2.28. The molecule has 2 rings (SSSR count). The second-order valence-corrected chi connectivity index (χ2v) is 5.35. The number of allylic oxidation sites excluding steroid dienone is 8. The van der Waals surface area contributed by atoms with Crippen molar-refractivity contribution in [1.82, 2.24) is 0 Å². The van der Waals surface area contributed by atoms with E-state index in [1.807, 2.05) is 0 Å². The molecule has 2 aliphatic rings. The van der Waals surface area contributed by atoms with Crippen molar-refractivity contribution < 1.29 is 0 Å². The zero-order valence-electron chi connectivity index (χ0n) is 10.1. The summed E-state index contributed by atoms with van der Waals surface area (Å²) in [7, 11) is 0. The summed E-state index contributed by atoms with van der Waals surface area (Å²) in [5.74, 6) is 1.20. The van der Waals surface area contributed by atoms with Crippen molar-refractivity contribution in [1.29, 1.82) is 0 Å². The van der Waals surface area contributed by atoms with E-state index in [-0.39, 0.29) is 5.41 Å². The zero-order chi connectivity index (χ0) is 11.1. The van der Waals surface area contributed by atoms with E-state index in [9.17, 15) is 0 Å². The highest BCUT2D eigenvalue weighted by Gasteiger charge is 2.28. The summed E-state index contributed by atoms with van der Waals surface area (Å²) in [6.45, 7) is 9.11. The Labute approximate surface area is 93.1 Å². The van der Waals surface area contributed by atoms with Crippen LogP contribution >= 0.6 is 0 Å². The zero-order valence-corrected chi connectivity index (χ0v) is 10.1. The van der Waals surface area contributed by atoms with Gasteiger partial charge in [0, 0.05) is 11.3 Å². The van der Waals surface area contributed by atoms with Crippen LogP contribution in [0.3, 0.4) is 0 Å². The lowest BCUT2D eigenvalue weighted by Crippen LogP contribution is -2.11. The number of hydrogen-bond donors (Lipinski definition) is 0. The summed E-state index contributed by atoms with van der Waals surface area (Å²) < 4.78 is 0. The maximum absolute atomic E-state index is 2.42. The Kier molecular flexibility index (Phi) is 2.46. The van der Waals surface area contributed by atoms with Gasteiger partial charge in [0.2, 0.25) is 0 Å². The molecule has 0 aliphatic heterocycles. The number of hydrogen-bond acceptors (Lipinski definition) is 0. The molecule has 0 heteroatoms. The van der Waals surface area contributed by atoms with E-state index in [1.54, 1.807) is 0 Å². The molecule has 0 amide bonds. The molecule has 0 saturated carbocycles. The van der Waals surface area contributed by atoms with Crippen molar-refractivity contribution in [2.75, 3.05) is 0 Å². The minimum atomic E-state index is 0.254. The minimum absolute atomic E-state index is 0.254. The average Bonchev–Trinajstić information content (AvgIpc) is 2.42. The summed E-state index contributed by atoms with van der Waals surface area (Å²) in [5.41, 5.74) is 3.22. The second-order valence-electron chi connectivity index (χ2n) is 5.35. The quantitative estimate of drug-likeness (QED) is 0.592. The van der Waals surface area contributed by atoms with Gasteiger partial charge in [-0.15, -0.1) is 0 Å². The predicted molar refractivity (Wildman–Crippen MR) is 66.6 cm³/mol. The molecule has 15 heavy (non-hydrogen) atoms. The van der Waals surface area contributed by atoms with E-state index in [0.29, 0.717) is 11.8 Å². The summed E-state index contributed by atoms with van der Waals surface area (Å²) in [5, 5.41) is 0. The van der Waals surface area contributed by atoms with Crippen molar-refractivity contribution in [3.05, 3.63) is 47.6 Å². The van der Waals surface area contributed by atoms with E-state index in [0.717, 1.165) is 0 Å². The first-order valence-corrected chi connectivity index (χ1v) is 5.77. The average molecular weight is 200 g/mol. The first-order valence-electron chi connectivity index (χ1n) is 5.77. The molecule has 80 valence electrons. The SMILES string of the molecule is CC1=CC(C2C=CC=CC2C)=CC1(C)C. The van der Waals surface area contributed by atoms with Gasteiger partial charge in [-0.2, -0.15) is 0 Å². The second kappa shape index (κ2) is 3.52. The van der Waals surface area contributed by atoms with E-state index >= 15 is 0 Å². The van der Waals surface area contributed by atoms with Crippen LogP contribution in [0.25, 0.3) is 0 Å². The first-order chi connectivity index (χ1) is 7.00. The smallest absolute Gasteiger partial charge is 0.00785 e. The Hall–Kier alpha value is -1.04. The van der Waals surface area contributed by atoms with Crippen molar-refractivity contribution >= 4 is 0 Å². The van der Waals surface area contributed by atoms with Gasteiger partial charge >= 0.3 is 0 Å². The number of rotatable bonds is 1. The monoisotopic (exact) mass is 200 g/mol. The van der Waals surface area contributed by atoms with Crippen molar-refractivity contribution in [2.24, 2.45) is 17.3 Å². The molecule has 2 unspecified atom stereocenters. The Morgan fingerprint density at radius 1 is 1.13 bits per heavy atom. The highest BCUT2D eigenvalue weighted by molar-refractivity contribution is 5.42. The largest absolute Gasteiger partial charge is 0.0808 e. The summed E-state index contributed by atoms with van der Waals surface area (Å²) in [4.78, 5) is 0. The van der Waals surface area contributed by atoms with Crippen molar-refractivity contribution in [3.63, 3.8) is 0 Å². The molecule has 2 aliphatic carbocycles. The lowest BCUT2D eigenvalue weighted by Gasteiger charge is -2.21. The van der Waals surface area contributed by atoms with Crippen LogP contribution in [0.4, 0.5) is 0 Å². The van der Waals surface area contributed by atoms with Crippen LogP contribution in [0.15, 0.2) is 47.6 Å². The molecule has 0 heterocycles. The van der Waals surface area contributed by atoms with E-state index in [4.69, 9.17) is 0 Å². The molecule has 0 aromatic rings. The third-order valence-corrected chi connectivity index (χ3v) is 3.72. The fourth-order valence-corrected chi connectivity index (χ4v) is 2.33. The topological polar surface area (TPSA) is 0 Å². The van der Waals surface area contributed by atoms with Crippen LogP contribution < -0.4 is 0 Å². The fourth-order valence-electron chi connectivity index (χ4n) is 2.33. The summed E-state index contributed by atoms with van der Waals surface area (Å²) in [6, 6.07) is 0. The highest BCUT2D eigenvalue weighted by Crippen LogP contribution is 2.40. The fraction of sp³-hybridized carbons (Fsp3) is 0.467. The van der Waals surface area contributed by atoms with Gasteiger partial charge in [0.05, 0.1) is 0 Å². The maximum atomic E-state index is 2.42. The lowest BCUT2D eigenvalue weighted by atomic mass is 9.83. The van der Waals surface area contributed by atoms with Gasteiger partial charge < -0.3 is 0 Å². The van der Waals surface area contributed by atoms with E-state index in [2.05, 4.69) is 64.2 Å². The van der Waals surface area contributed by atoms with Crippen LogP contribution in [0.2, 0.25) is 0 Å². The molecule has 0 radical (unpaired) electrons. The van der Waals surface area contributed by atoms with Crippen LogP contribution in [-0.4, -0.2) is 0 Å². The summed E-state index contributed by atoms with van der Waals surface area (Å²) in [6.07, 6.45) is 13.7. The Morgan fingerprint density at radius 3 is 2.33 bits per heavy atom. The third kappa shape index (κ3) is 1.86. The molecule has 0 nitrogen and oxygen atoms in total. The van der Waals surface area contributed by atoms with Crippen molar-refractivity contribution in [3.8, 4) is 0 Å². The molecule has 0 fully saturated rings. The summed E-state index contributed by atoms with van der Waals surface area (Å²) >= 11 is 0. The normalized spacial score (nSPS) is 32.8. The Bertz CT molecular complexity index is 375. The molecule has 0 bridgehead atoms. The highest BCUT2D eigenvalue weighted by atomic mass is 14.3. The molecule has 0 aromatic heterocycles. The minimum Gasteiger partial charge on any atom is -0.0808 e. The molecule has 0 N–H and O–H groups in total. The van der Waals surface area contributed by atoms with Crippen molar-refractivity contribution in [2.45, 2.75) is 27.7 Å². The molecule has 0 aromatic carbocycles. The van der Waals surface area contributed by atoms with Gasteiger partial charge in [-0.05, 0) is 18.4 Å². The Morgan fingerprint density at radius 2 is 1.80 bits per heavy atom. The van der Waals surface area contributed by atoms with Crippen LogP contribution in [0, 0.1) is 17.3 Å². The van der Waals surface area contributed by atoms with Gasteiger partial charge in [-0.25, -0.2) is 0 Å². The van der Waals surface area contributed by atoms with Gasteiger partial charge in [0.1, 0.15) is 0 Å². The predicted octanol–water partition coefficient (Wildman–Crippen LogP) is 4.28. The third-order valence-electron chi connectivity index (χ3n) is 3.72. The van der Waals surface area contributed by atoms with Crippen LogP contribution in [-0.2, 0) is 0 Å². The molecule has 2 atom stereocenters. The molecule has 0 spiro atoms. The first kappa shape index (κ1) is 10.5. The maximum Gasteiger partial charge on any atom is 0.00785 e.